The fraction of sp³-hybridized carbons (Fsp3) is 0.273. The van der Waals surface area contributed by atoms with Gasteiger partial charge in [0.15, 0.2) is 0 Å². The summed E-state index contributed by atoms with van der Waals surface area (Å²) in [7, 11) is 0. The monoisotopic (exact) mass is 268 g/mol. The Labute approximate surface area is 109 Å². The third kappa shape index (κ3) is 3.57. The van der Waals surface area contributed by atoms with Gasteiger partial charge in [0.25, 0.3) is 0 Å². The van der Waals surface area contributed by atoms with Crippen LogP contribution >= 0.6 is 22.9 Å². The van der Waals surface area contributed by atoms with Gasteiger partial charge in [-0.05, 0) is 26.0 Å². The van der Waals surface area contributed by atoms with Gasteiger partial charge in [-0.3, -0.25) is 0 Å². The summed E-state index contributed by atoms with van der Waals surface area (Å²) < 4.78 is 0.752. The summed E-state index contributed by atoms with van der Waals surface area (Å²) in [4.78, 5) is 8.29. The Kier molecular flexibility index (Phi) is 3.81. The van der Waals surface area contributed by atoms with Crippen molar-refractivity contribution in [3.05, 3.63) is 28.9 Å². The molecule has 2 aromatic rings. The molecule has 0 aliphatic rings. The molecule has 0 spiro atoms. The molecule has 0 amide bonds. The van der Waals surface area contributed by atoms with Crippen molar-refractivity contribution >= 4 is 39.6 Å². The molecule has 0 saturated carbocycles. The molecule has 2 aromatic heterocycles. The molecule has 17 heavy (non-hydrogen) atoms. The van der Waals surface area contributed by atoms with E-state index < -0.39 is 0 Å². The molecule has 2 rings (SSSR count). The number of anilines is 3. The number of nitrogens with zero attached hydrogens (tertiary/aromatic N) is 2. The molecule has 0 aliphatic heterocycles. The maximum absolute atomic E-state index is 5.86. The molecule has 0 bridgehead atoms. The number of rotatable bonds is 4. The fourth-order valence-electron chi connectivity index (χ4n) is 1.31. The van der Waals surface area contributed by atoms with E-state index in [1.165, 1.54) is 17.7 Å². The summed E-state index contributed by atoms with van der Waals surface area (Å²) in [5.41, 5.74) is 0. The van der Waals surface area contributed by atoms with Gasteiger partial charge in [-0.1, -0.05) is 11.6 Å². The summed E-state index contributed by atoms with van der Waals surface area (Å²) in [6.45, 7) is 4.13. The average Bonchev–Trinajstić information content (AvgIpc) is 2.63. The first-order chi connectivity index (χ1) is 8.13. The molecule has 4 nitrogen and oxygen atoms in total. The van der Waals surface area contributed by atoms with Crippen LogP contribution < -0.4 is 10.6 Å². The molecule has 0 unspecified atom stereocenters. The van der Waals surface area contributed by atoms with Gasteiger partial charge in [-0.25, -0.2) is 9.97 Å². The highest BCUT2D eigenvalue weighted by molar-refractivity contribution is 7.19. The number of hydrogen-bond acceptors (Lipinski definition) is 5. The number of thiophene rings is 1. The standard InChI is InChI=1S/C11H13ClN4S/c1-7(2)15-9-5-10(14-6-13-9)16-11-4-3-8(12)17-11/h3-7H,1-2H3,(H2,13,14,15,16). The van der Waals surface area contributed by atoms with Crippen molar-refractivity contribution in [2.24, 2.45) is 0 Å². The van der Waals surface area contributed by atoms with Gasteiger partial charge in [-0.2, -0.15) is 0 Å². The quantitative estimate of drug-likeness (QED) is 0.887. The molecule has 0 radical (unpaired) electrons. The van der Waals surface area contributed by atoms with E-state index in [0.717, 1.165) is 21.0 Å². The molecule has 2 N–H and O–H groups in total. The minimum absolute atomic E-state index is 0.342. The molecular formula is C11H13ClN4S. The molecule has 6 heteroatoms. The van der Waals surface area contributed by atoms with Crippen LogP contribution in [0.1, 0.15) is 13.8 Å². The van der Waals surface area contributed by atoms with Gasteiger partial charge < -0.3 is 10.6 Å². The lowest BCUT2D eigenvalue weighted by molar-refractivity contribution is 0.886. The van der Waals surface area contributed by atoms with E-state index in [9.17, 15) is 0 Å². The minimum atomic E-state index is 0.342. The first kappa shape index (κ1) is 12.1. The molecule has 90 valence electrons. The number of aromatic nitrogens is 2. The Hall–Kier alpha value is -1.33. The highest BCUT2D eigenvalue weighted by atomic mass is 35.5. The van der Waals surface area contributed by atoms with Crippen molar-refractivity contribution in [3.8, 4) is 0 Å². The highest BCUT2D eigenvalue weighted by Gasteiger charge is 2.02. The molecule has 2 heterocycles. The lowest BCUT2D eigenvalue weighted by Crippen LogP contribution is -2.11. The summed E-state index contributed by atoms with van der Waals surface area (Å²) in [5, 5.41) is 7.37. The van der Waals surface area contributed by atoms with Crippen molar-refractivity contribution in [1.82, 2.24) is 9.97 Å². The zero-order valence-electron chi connectivity index (χ0n) is 9.57. The number of halogens is 1. The van der Waals surface area contributed by atoms with Crippen molar-refractivity contribution in [2.45, 2.75) is 19.9 Å². The van der Waals surface area contributed by atoms with E-state index in [1.807, 2.05) is 18.2 Å². The Morgan fingerprint density at radius 3 is 2.65 bits per heavy atom. The van der Waals surface area contributed by atoms with E-state index in [4.69, 9.17) is 11.6 Å². The number of nitrogens with one attached hydrogen (secondary N) is 2. The largest absolute Gasteiger partial charge is 0.368 e. The van der Waals surface area contributed by atoms with E-state index in [1.54, 1.807) is 0 Å². The highest BCUT2D eigenvalue weighted by Crippen LogP contribution is 2.28. The van der Waals surface area contributed by atoms with Gasteiger partial charge >= 0.3 is 0 Å². The second kappa shape index (κ2) is 5.33. The Balaban J connectivity index is 2.10. The summed E-state index contributed by atoms with van der Waals surface area (Å²) >= 11 is 7.34. The van der Waals surface area contributed by atoms with Crippen LogP contribution in [0, 0.1) is 0 Å². The molecule has 0 saturated heterocycles. The van der Waals surface area contributed by atoms with Gasteiger partial charge in [0.05, 0.1) is 9.34 Å². The van der Waals surface area contributed by atoms with Crippen LogP contribution in [0.2, 0.25) is 4.34 Å². The molecular weight excluding hydrogens is 256 g/mol. The lowest BCUT2D eigenvalue weighted by atomic mass is 10.4. The molecule has 0 aliphatic carbocycles. The lowest BCUT2D eigenvalue weighted by Gasteiger charge is -2.09. The first-order valence-electron chi connectivity index (χ1n) is 5.24. The predicted molar refractivity (Wildman–Crippen MR) is 73.4 cm³/mol. The molecule has 0 atom stereocenters. The van der Waals surface area contributed by atoms with Gasteiger partial charge in [0.1, 0.15) is 18.0 Å². The smallest absolute Gasteiger partial charge is 0.136 e. The van der Waals surface area contributed by atoms with Crippen LogP contribution in [-0.4, -0.2) is 16.0 Å². The SMILES string of the molecule is CC(C)Nc1cc(Nc2ccc(Cl)s2)ncn1. The number of hydrogen-bond donors (Lipinski definition) is 2. The third-order valence-corrected chi connectivity index (χ3v) is 3.07. The van der Waals surface area contributed by atoms with E-state index in [0.29, 0.717) is 6.04 Å². The Morgan fingerprint density at radius 1 is 1.24 bits per heavy atom. The van der Waals surface area contributed by atoms with Crippen LogP contribution in [-0.2, 0) is 0 Å². The van der Waals surface area contributed by atoms with Gasteiger partial charge in [0, 0.05) is 12.1 Å². The maximum Gasteiger partial charge on any atom is 0.136 e. The van der Waals surface area contributed by atoms with Crippen molar-refractivity contribution in [1.29, 1.82) is 0 Å². The van der Waals surface area contributed by atoms with E-state index >= 15 is 0 Å². The average molecular weight is 269 g/mol. The second-order valence-electron chi connectivity index (χ2n) is 3.82. The summed E-state index contributed by atoms with van der Waals surface area (Å²) in [6.07, 6.45) is 1.53. The minimum Gasteiger partial charge on any atom is -0.368 e. The zero-order valence-corrected chi connectivity index (χ0v) is 11.1. The summed E-state index contributed by atoms with van der Waals surface area (Å²) in [5.74, 6) is 1.56. The van der Waals surface area contributed by atoms with Crippen LogP contribution in [0.4, 0.5) is 16.6 Å². The van der Waals surface area contributed by atoms with Crippen LogP contribution in [0.5, 0.6) is 0 Å². The van der Waals surface area contributed by atoms with E-state index in [2.05, 4.69) is 34.4 Å². The Bertz CT molecular complexity index is 498. The van der Waals surface area contributed by atoms with Crippen LogP contribution in [0.25, 0.3) is 0 Å². The summed E-state index contributed by atoms with van der Waals surface area (Å²) in [6, 6.07) is 5.98. The molecule has 0 aromatic carbocycles. The van der Waals surface area contributed by atoms with Crippen LogP contribution in [0.15, 0.2) is 24.5 Å². The first-order valence-corrected chi connectivity index (χ1v) is 6.44. The van der Waals surface area contributed by atoms with Gasteiger partial charge in [-0.15, -0.1) is 11.3 Å². The zero-order chi connectivity index (χ0) is 12.3. The van der Waals surface area contributed by atoms with Crippen molar-refractivity contribution < 1.29 is 0 Å². The normalized spacial score (nSPS) is 10.6. The van der Waals surface area contributed by atoms with Crippen molar-refractivity contribution in [2.75, 3.05) is 10.6 Å². The third-order valence-electron chi connectivity index (χ3n) is 1.93. The topological polar surface area (TPSA) is 49.8 Å². The maximum atomic E-state index is 5.86. The predicted octanol–water partition coefficient (Wildman–Crippen LogP) is 3.76. The Morgan fingerprint density at radius 2 is 2.00 bits per heavy atom. The molecule has 0 fully saturated rings. The van der Waals surface area contributed by atoms with E-state index in [-0.39, 0.29) is 0 Å². The van der Waals surface area contributed by atoms with Gasteiger partial charge in [0.2, 0.25) is 0 Å². The fourth-order valence-corrected chi connectivity index (χ4v) is 2.26. The van der Waals surface area contributed by atoms with Crippen LogP contribution in [0.3, 0.4) is 0 Å². The second-order valence-corrected chi connectivity index (χ2v) is 5.53. The van der Waals surface area contributed by atoms with Crippen molar-refractivity contribution in [3.63, 3.8) is 0 Å².